The molecule has 2 aromatic carbocycles. The maximum absolute atomic E-state index is 11.9. The maximum Gasteiger partial charge on any atom is 1.00 e. The summed E-state index contributed by atoms with van der Waals surface area (Å²) >= 11 is 0. The summed E-state index contributed by atoms with van der Waals surface area (Å²) in [7, 11) is -4.36. The first kappa shape index (κ1) is 30.0. The molecule has 0 aliphatic rings. The largest absolute Gasteiger partial charge is 1.00 e. The smallest absolute Gasteiger partial charge is 0.872 e. The van der Waals surface area contributed by atoms with Crippen LogP contribution < -0.4 is 39.4 Å². The molecule has 2 rings (SSSR count). The minimum atomic E-state index is -4.36. The van der Waals surface area contributed by atoms with Crippen molar-refractivity contribution in [3.05, 3.63) is 48.0 Å². The van der Waals surface area contributed by atoms with Gasteiger partial charge in [-0.2, -0.15) is 8.42 Å². The standard InChI is InChI=1S/C26H38O5S.Na/c1-2-3-4-5-6-7-8-9-10-11-12-13-15-22-18-19-25(21-26(22)32(28,29)30)31-24-17-14-16-23(27)20-24;/h14,16-21,27H,2-13,15H2,1H3,(H,28,29,30);/q;+1/p-1. The van der Waals surface area contributed by atoms with Crippen LogP contribution in [0, 0.1) is 0 Å². The van der Waals surface area contributed by atoms with Crippen LogP contribution in [0.3, 0.4) is 0 Å². The molecule has 2 aromatic rings. The first-order valence-corrected chi connectivity index (χ1v) is 13.4. The van der Waals surface area contributed by atoms with E-state index in [-0.39, 0.29) is 46.0 Å². The molecule has 0 fully saturated rings. The third-order valence-electron chi connectivity index (χ3n) is 5.66. The summed E-state index contributed by atoms with van der Waals surface area (Å²) in [4.78, 5) is -0.128. The van der Waals surface area contributed by atoms with Gasteiger partial charge in [0.25, 0.3) is 10.1 Å². The van der Waals surface area contributed by atoms with Crippen LogP contribution in [0.4, 0.5) is 0 Å². The summed E-state index contributed by atoms with van der Waals surface area (Å²) in [5, 5.41) is 11.4. The molecule has 0 atom stereocenters. The maximum atomic E-state index is 11.9. The van der Waals surface area contributed by atoms with Gasteiger partial charge in [0.1, 0.15) is 16.4 Å². The Labute approximate surface area is 222 Å². The van der Waals surface area contributed by atoms with Crippen LogP contribution in [0.2, 0.25) is 0 Å². The normalized spacial score (nSPS) is 11.2. The molecule has 1 N–H and O–H groups in total. The van der Waals surface area contributed by atoms with Crippen LogP contribution in [0.25, 0.3) is 0 Å². The molecule has 33 heavy (non-hydrogen) atoms. The van der Waals surface area contributed by atoms with Crippen molar-refractivity contribution < 1.29 is 52.4 Å². The number of ether oxygens (including phenoxy) is 1. The zero-order valence-corrected chi connectivity index (χ0v) is 23.0. The molecule has 0 heterocycles. The molecular weight excluding hydrogens is 447 g/mol. The summed E-state index contributed by atoms with van der Waals surface area (Å²) in [6.45, 7) is 2.24. The van der Waals surface area contributed by atoms with Gasteiger partial charge in [-0.15, -0.1) is 5.75 Å². The first-order chi connectivity index (χ1) is 15.4. The Morgan fingerprint density at radius 2 is 1.33 bits per heavy atom. The Balaban J connectivity index is 0.00000544. The molecule has 0 aliphatic carbocycles. The van der Waals surface area contributed by atoms with Crippen LogP contribution in [0.1, 0.15) is 89.5 Å². The van der Waals surface area contributed by atoms with Crippen molar-refractivity contribution in [3.63, 3.8) is 0 Å². The Morgan fingerprint density at radius 3 is 1.88 bits per heavy atom. The molecule has 0 bridgehead atoms. The fourth-order valence-electron chi connectivity index (χ4n) is 3.88. The van der Waals surface area contributed by atoms with E-state index in [0.29, 0.717) is 17.7 Å². The third kappa shape index (κ3) is 12.3. The van der Waals surface area contributed by atoms with E-state index in [2.05, 4.69) is 6.92 Å². The van der Waals surface area contributed by atoms with E-state index in [0.717, 1.165) is 19.3 Å². The molecule has 178 valence electrons. The zero-order valence-electron chi connectivity index (χ0n) is 20.2. The van der Waals surface area contributed by atoms with E-state index in [4.69, 9.17) is 4.74 Å². The second-order valence-electron chi connectivity index (χ2n) is 8.46. The van der Waals surface area contributed by atoms with E-state index in [1.807, 2.05) is 0 Å². The Hall–Kier alpha value is -1.05. The van der Waals surface area contributed by atoms with Gasteiger partial charge in [-0.05, 0) is 36.6 Å². The quantitative estimate of drug-likeness (QED) is 0.221. The van der Waals surface area contributed by atoms with Crippen LogP contribution in [-0.2, 0) is 16.5 Å². The molecule has 0 unspecified atom stereocenters. The van der Waals surface area contributed by atoms with E-state index >= 15 is 0 Å². The number of aryl methyl sites for hydroxylation is 1. The van der Waals surface area contributed by atoms with E-state index < -0.39 is 10.1 Å². The Bertz CT molecular complexity index is 915. The van der Waals surface area contributed by atoms with Crippen LogP contribution >= 0.6 is 0 Å². The van der Waals surface area contributed by atoms with E-state index in [1.54, 1.807) is 24.3 Å². The molecule has 7 heteroatoms. The van der Waals surface area contributed by atoms with Crippen molar-refractivity contribution in [3.8, 4) is 17.2 Å². The summed E-state index contributed by atoms with van der Waals surface area (Å²) in [6.07, 6.45) is 15.5. The van der Waals surface area contributed by atoms with E-state index in [9.17, 15) is 18.1 Å². The SMILES string of the molecule is CCCCCCCCCCCCCCc1ccc(Oc2cccc([O-])c2)cc1S(=O)(=O)O.[Na+]. The average molecular weight is 485 g/mol. The second-order valence-corrected chi connectivity index (χ2v) is 9.85. The van der Waals surface area contributed by atoms with Crippen molar-refractivity contribution in [2.24, 2.45) is 0 Å². The van der Waals surface area contributed by atoms with E-state index in [1.165, 1.54) is 76.0 Å². The Morgan fingerprint density at radius 1 is 0.788 bits per heavy atom. The third-order valence-corrected chi connectivity index (χ3v) is 6.59. The fourth-order valence-corrected chi connectivity index (χ4v) is 4.64. The summed E-state index contributed by atoms with van der Waals surface area (Å²) < 4.78 is 39.0. The molecule has 0 amide bonds. The number of hydrogen-bond acceptors (Lipinski definition) is 4. The van der Waals surface area contributed by atoms with Gasteiger partial charge in [0, 0.05) is 6.07 Å². The summed E-state index contributed by atoms with van der Waals surface area (Å²) in [6, 6.07) is 10.6. The number of rotatable bonds is 16. The van der Waals surface area contributed by atoms with Crippen LogP contribution in [-0.4, -0.2) is 13.0 Å². The van der Waals surface area contributed by atoms with Crippen molar-refractivity contribution in [2.75, 3.05) is 0 Å². The summed E-state index contributed by atoms with van der Waals surface area (Å²) in [5.41, 5.74) is 0.588. The minimum Gasteiger partial charge on any atom is -0.872 e. The van der Waals surface area contributed by atoms with Gasteiger partial charge >= 0.3 is 29.6 Å². The zero-order chi connectivity index (χ0) is 23.2. The van der Waals surface area contributed by atoms with Crippen molar-refractivity contribution in [1.29, 1.82) is 0 Å². The average Bonchev–Trinajstić information content (AvgIpc) is 2.74. The molecular formula is C26H37NaO5S. The van der Waals surface area contributed by atoms with Gasteiger partial charge in [-0.25, -0.2) is 0 Å². The van der Waals surface area contributed by atoms with Gasteiger partial charge in [0.2, 0.25) is 0 Å². The number of hydrogen-bond donors (Lipinski definition) is 1. The molecule has 5 nitrogen and oxygen atoms in total. The van der Waals surface area contributed by atoms with Gasteiger partial charge < -0.3 is 9.84 Å². The predicted molar refractivity (Wildman–Crippen MR) is 127 cm³/mol. The molecule has 0 saturated heterocycles. The van der Waals surface area contributed by atoms with Gasteiger partial charge in [-0.1, -0.05) is 95.8 Å². The van der Waals surface area contributed by atoms with Gasteiger partial charge in [0.05, 0.1) is 0 Å². The van der Waals surface area contributed by atoms with Gasteiger partial charge in [0.15, 0.2) is 0 Å². The topological polar surface area (TPSA) is 86.7 Å². The summed E-state index contributed by atoms with van der Waals surface area (Å²) in [5.74, 6) is 0.398. The molecule has 0 saturated carbocycles. The Kier molecular flexibility index (Phi) is 15.0. The van der Waals surface area contributed by atoms with Crippen molar-refractivity contribution >= 4 is 10.1 Å². The predicted octanol–water partition coefficient (Wildman–Crippen LogP) is 4.05. The van der Waals surface area contributed by atoms with Crippen LogP contribution in [0.5, 0.6) is 17.2 Å². The van der Waals surface area contributed by atoms with Gasteiger partial charge in [-0.3, -0.25) is 4.55 Å². The second kappa shape index (κ2) is 16.6. The van der Waals surface area contributed by atoms with Crippen molar-refractivity contribution in [2.45, 2.75) is 95.3 Å². The number of unbranched alkanes of at least 4 members (excludes halogenated alkanes) is 11. The molecule has 0 aromatic heterocycles. The molecule has 0 spiro atoms. The van der Waals surface area contributed by atoms with Crippen molar-refractivity contribution in [1.82, 2.24) is 0 Å². The number of benzene rings is 2. The first-order valence-electron chi connectivity index (χ1n) is 12.0. The molecule has 0 aliphatic heterocycles. The monoisotopic (exact) mass is 484 g/mol. The molecule has 0 radical (unpaired) electrons. The van der Waals surface area contributed by atoms with Crippen LogP contribution in [0.15, 0.2) is 47.4 Å². The minimum absolute atomic E-state index is 0. The fraction of sp³-hybridized carbons (Fsp3) is 0.538.